The molecule has 0 bridgehead atoms. The Morgan fingerprint density at radius 2 is 2.09 bits per heavy atom. The molecule has 130 valence electrons. The first kappa shape index (κ1) is 18.9. The van der Waals surface area contributed by atoms with Gasteiger partial charge >= 0.3 is 5.97 Å². The molecule has 1 aliphatic carbocycles. The summed E-state index contributed by atoms with van der Waals surface area (Å²) in [5.41, 5.74) is -1.05. The Bertz CT molecular complexity index is 541. The summed E-state index contributed by atoms with van der Waals surface area (Å²) < 4.78 is 5.23. The molecule has 0 aliphatic heterocycles. The smallest absolute Gasteiger partial charge is 0.328 e. The van der Waals surface area contributed by atoms with Gasteiger partial charge in [0.2, 0.25) is 0 Å². The maximum Gasteiger partial charge on any atom is 0.328 e. The largest absolute Gasteiger partial charge is 0.508 e. The van der Waals surface area contributed by atoms with Crippen LogP contribution in [0.2, 0.25) is 0 Å². The van der Waals surface area contributed by atoms with E-state index in [1.54, 1.807) is 0 Å². The van der Waals surface area contributed by atoms with Crippen molar-refractivity contribution in [1.29, 1.82) is 0 Å². The minimum atomic E-state index is -1.54. The van der Waals surface area contributed by atoms with Crippen LogP contribution in [0.4, 0.5) is 0 Å². The number of nitrogens with zero attached hydrogens (tertiary/aromatic N) is 1. The van der Waals surface area contributed by atoms with Crippen LogP contribution in [0.25, 0.3) is 0 Å². The van der Waals surface area contributed by atoms with Crippen molar-refractivity contribution in [2.24, 2.45) is 4.99 Å². The third-order valence-electron chi connectivity index (χ3n) is 3.32. The van der Waals surface area contributed by atoms with E-state index in [0.29, 0.717) is 5.70 Å². The lowest BCUT2D eigenvalue weighted by Gasteiger charge is -2.33. The molecule has 0 amide bonds. The van der Waals surface area contributed by atoms with Crippen LogP contribution in [-0.4, -0.2) is 69.2 Å². The Morgan fingerprint density at radius 1 is 1.43 bits per heavy atom. The normalized spacial score (nSPS) is 25.4. The summed E-state index contributed by atoms with van der Waals surface area (Å²) in [6.07, 6.45) is 1.00. The number of methoxy groups -OCH3 is 1. The Labute approximate surface area is 133 Å². The predicted molar refractivity (Wildman–Crippen MR) is 80.8 cm³/mol. The van der Waals surface area contributed by atoms with Crippen molar-refractivity contribution in [3.63, 3.8) is 0 Å². The van der Waals surface area contributed by atoms with Crippen molar-refractivity contribution in [3.8, 4) is 0 Å². The standard InChI is InChI=1S/C14H22N2O7/c1-8(13(20)21)16-11-4-14(22,7-18)3-10(12(11)23-2)15-5-9(19)6-17/h5,8,15,17-19,22H,3-4,6-7H2,1-2H3,(H,20,21)/b9-5+,16-11?/t8?,14-/m1/s1. The molecule has 1 rings (SSSR count). The van der Waals surface area contributed by atoms with Gasteiger partial charge in [0.1, 0.15) is 18.4 Å². The number of aliphatic hydroxyl groups excluding tert-OH is 3. The molecule has 0 fully saturated rings. The maximum absolute atomic E-state index is 11.0. The second-order valence-electron chi connectivity index (χ2n) is 5.28. The number of allylic oxidation sites excluding steroid dienone is 1. The van der Waals surface area contributed by atoms with Gasteiger partial charge in [0.15, 0.2) is 5.76 Å². The molecule has 9 heteroatoms. The quantitative estimate of drug-likeness (QED) is 0.334. The highest BCUT2D eigenvalue weighted by Crippen LogP contribution is 2.30. The zero-order chi connectivity index (χ0) is 17.6. The molecule has 1 aliphatic rings. The average Bonchev–Trinajstić information content (AvgIpc) is 2.52. The summed E-state index contributed by atoms with van der Waals surface area (Å²) in [5.74, 6) is -1.26. The van der Waals surface area contributed by atoms with Crippen LogP contribution in [0.3, 0.4) is 0 Å². The minimum Gasteiger partial charge on any atom is -0.508 e. The van der Waals surface area contributed by atoms with Crippen LogP contribution in [0, 0.1) is 0 Å². The van der Waals surface area contributed by atoms with E-state index in [-0.39, 0.29) is 30.1 Å². The minimum absolute atomic E-state index is 0.0254. The van der Waals surface area contributed by atoms with E-state index in [1.807, 2.05) is 0 Å². The van der Waals surface area contributed by atoms with E-state index in [1.165, 1.54) is 14.0 Å². The van der Waals surface area contributed by atoms with E-state index in [4.69, 9.17) is 14.9 Å². The fourth-order valence-corrected chi connectivity index (χ4v) is 2.12. The van der Waals surface area contributed by atoms with Gasteiger partial charge in [-0.25, -0.2) is 4.79 Å². The number of rotatable bonds is 7. The topological polar surface area (TPSA) is 152 Å². The first-order chi connectivity index (χ1) is 10.8. The second-order valence-corrected chi connectivity index (χ2v) is 5.28. The van der Waals surface area contributed by atoms with Crippen LogP contribution in [0.5, 0.6) is 0 Å². The maximum atomic E-state index is 11.0. The van der Waals surface area contributed by atoms with Crippen molar-refractivity contribution in [2.45, 2.75) is 31.4 Å². The molecule has 0 radical (unpaired) electrons. The zero-order valence-corrected chi connectivity index (χ0v) is 13.0. The van der Waals surface area contributed by atoms with Crippen molar-refractivity contribution in [1.82, 2.24) is 5.32 Å². The van der Waals surface area contributed by atoms with Crippen LogP contribution >= 0.6 is 0 Å². The van der Waals surface area contributed by atoms with Crippen LogP contribution in [0.15, 0.2) is 28.4 Å². The Kier molecular flexibility index (Phi) is 6.55. The van der Waals surface area contributed by atoms with Gasteiger partial charge in [-0.15, -0.1) is 0 Å². The van der Waals surface area contributed by atoms with E-state index in [9.17, 15) is 20.1 Å². The number of aliphatic carboxylic acids is 1. The SMILES string of the molecule is COC1=C(N/C=C(/O)CO)C[C@](O)(CO)CC1=NC(C)C(=O)O. The van der Waals surface area contributed by atoms with E-state index in [2.05, 4.69) is 10.3 Å². The van der Waals surface area contributed by atoms with E-state index >= 15 is 0 Å². The molecule has 2 atom stereocenters. The highest BCUT2D eigenvalue weighted by atomic mass is 16.5. The van der Waals surface area contributed by atoms with Crippen LogP contribution < -0.4 is 5.32 Å². The first-order valence-electron chi connectivity index (χ1n) is 6.92. The van der Waals surface area contributed by atoms with Gasteiger partial charge in [-0.2, -0.15) is 0 Å². The number of hydrogen-bond donors (Lipinski definition) is 6. The molecule has 23 heavy (non-hydrogen) atoms. The van der Waals surface area contributed by atoms with Crippen LogP contribution in [-0.2, 0) is 9.53 Å². The molecular weight excluding hydrogens is 308 g/mol. The summed E-state index contributed by atoms with van der Waals surface area (Å²) in [5, 5.41) is 49.5. The van der Waals surface area contributed by atoms with Gasteiger partial charge in [-0.05, 0) is 6.92 Å². The molecule has 0 saturated carbocycles. The summed E-state index contributed by atoms with van der Waals surface area (Å²) in [6, 6.07) is -1.06. The molecule has 0 aromatic heterocycles. The van der Waals surface area contributed by atoms with Crippen molar-refractivity contribution in [3.05, 3.63) is 23.4 Å². The van der Waals surface area contributed by atoms with Crippen LogP contribution in [0.1, 0.15) is 19.8 Å². The first-order valence-corrected chi connectivity index (χ1v) is 6.92. The summed E-state index contributed by atoms with van der Waals surface area (Å²) in [4.78, 5) is 15.0. The highest BCUT2D eigenvalue weighted by Gasteiger charge is 2.38. The number of nitrogens with one attached hydrogen (secondary N) is 1. The molecular formula is C14H22N2O7. The zero-order valence-electron chi connectivity index (χ0n) is 13.0. The Balaban J connectivity index is 3.27. The summed E-state index contributed by atoms with van der Waals surface area (Å²) in [6.45, 7) is 0.231. The number of aliphatic hydroxyl groups is 4. The number of carbonyl (C=O) groups is 1. The van der Waals surface area contributed by atoms with Crippen molar-refractivity contribution >= 4 is 11.7 Å². The molecule has 6 N–H and O–H groups in total. The molecule has 1 unspecified atom stereocenters. The molecule has 9 nitrogen and oxygen atoms in total. The van der Waals surface area contributed by atoms with Crippen molar-refractivity contribution in [2.75, 3.05) is 20.3 Å². The van der Waals surface area contributed by atoms with E-state index in [0.717, 1.165) is 6.20 Å². The molecule has 0 heterocycles. The average molecular weight is 330 g/mol. The van der Waals surface area contributed by atoms with Gasteiger partial charge in [-0.3, -0.25) is 4.99 Å². The number of ether oxygens (including phenoxy) is 1. The fraction of sp³-hybridized carbons (Fsp3) is 0.571. The number of hydrogen-bond acceptors (Lipinski definition) is 8. The predicted octanol–water partition coefficient (Wildman–Crippen LogP) is -0.743. The molecule has 0 saturated heterocycles. The lowest BCUT2D eigenvalue weighted by Crippen LogP contribution is -2.43. The lowest BCUT2D eigenvalue weighted by atomic mass is 9.85. The second kappa shape index (κ2) is 7.95. The monoisotopic (exact) mass is 330 g/mol. The third-order valence-corrected chi connectivity index (χ3v) is 3.32. The molecule has 0 spiro atoms. The molecule has 0 aromatic carbocycles. The van der Waals surface area contributed by atoms with Gasteiger partial charge < -0.3 is 35.6 Å². The highest BCUT2D eigenvalue weighted by molar-refractivity contribution is 6.01. The molecule has 0 aromatic rings. The number of carboxylic acids is 1. The summed E-state index contributed by atoms with van der Waals surface area (Å²) >= 11 is 0. The number of aliphatic imine (C=N–C) groups is 1. The van der Waals surface area contributed by atoms with Gasteiger partial charge in [0, 0.05) is 19.0 Å². The van der Waals surface area contributed by atoms with Gasteiger partial charge in [0.05, 0.1) is 30.7 Å². The summed E-state index contributed by atoms with van der Waals surface area (Å²) in [7, 11) is 1.36. The van der Waals surface area contributed by atoms with Crippen molar-refractivity contribution < 1.29 is 35.1 Å². The van der Waals surface area contributed by atoms with Gasteiger partial charge in [0.25, 0.3) is 0 Å². The van der Waals surface area contributed by atoms with Gasteiger partial charge in [-0.1, -0.05) is 0 Å². The Hall–Kier alpha value is -2.10. The lowest BCUT2D eigenvalue weighted by molar-refractivity contribution is -0.138. The Morgan fingerprint density at radius 3 is 2.57 bits per heavy atom. The third kappa shape index (κ3) is 4.95. The number of carboxylic acid groups (broad SMARTS) is 1. The van der Waals surface area contributed by atoms with E-state index < -0.39 is 30.8 Å². The fourth-order valence-electron chi connectivity index (χ4n) is 2.12.